The highest BCUT2D eigenvalue weighted by molar-refractivity contribution is 5.86. The van der Waals surface area contributed by atoms with Crippen LogP contribution in [0.5, 0.6) is 5.75 Å². The highest BCUT2D eigenvalue weighted by Crippen LogP contribution is 2.38. The van der Waals surface area contributed by atoms with Gasteiger partial charge in [0.1, 0.15) is 5.75 Å². The molecule has 2 aromatic carbocycles. The summed E-state index contributed by atoms with van der Waals surface area (Å²) in [6, 6.07) is 16.4. The Morgan fingerprint density at radius 2 is 1.89 bits per heavy atom. The van der Waals surface area contributed by atoms with E-state index in [2.05, 4.69) is 11.8 Å². The third-order valence-corrected chi connectivity index (χ3v) is 5.31. The number of hydrogen-bond donors (Lipinski definition) is 1. The van der Waals surface area contributed by atoms with Gasteiger partial charge in [0.2, 0.25) is 0 Å². The van der Waals surface area contributed by atoms with Gasteiger partial charge in [-0.25, -0.2) is 0 Å². The number of likely N-dealkylation sites (tertiary alicyclic amines) is 1. The van der Waals surface area contributed by atoms with Gasteiger partial charge in [-0.15, -0.1) is 0 Å². The Labute approximate surface area is 160 Å². The van der Waals surface area contributed by atoms with E-state index in [0.717, 1.165) is 32.0 Å². The number of para-hydroxylation sites is 1. The summed E-state index contributed by atoms with van der Waals surface area (Å²) < 4.78 is 6.36. The fourth-order valence-electron chi connectivity index (χ4n) is 3.95. The summed E-state index contributed by atoms with van der Waals surface area (Å²) in [6.07, 6.45) is 4.69. The van der Waals surface area contributed by atoms with Crippen molar-refractivity contribution in [2.45, 2.75) is 44.4 Å². The summed E-state index contributed by atoms with van der Waals surface area (Å²) in [4.78, 5) is 26.5. The monoisotopic (exact) mass is 366 g/mol. The molecule has 2 unspecified atom stereocenters. The molecule has 0 aliphatic carbocycles. The number of carbonyl (C=O) groups is 2. The zero-order valence-corrected chi connectivity index (χ0v) is 15.6. The van der Waals surface area contributed by atoms with Crippen LogP contribution in [0.25, 0.3) is 0 Å². The minimum Gasteiger partial charge on any atom is -0.458 e. The number of carbonyl (C=O) groups excluding carboxylic acids is 2. The van der Waals surface area contributed by atoms with Crippen molar-refractivity contribution < 1.29 is 14.3 Å². The molecule has 2 N–H and O–H groups in total. The molecule has 27 heavy (non-hydrogen) atoms. The number of piperidine rings is 1. The molecule has 142 valence electrons. The van der Waals surface area contributed by atoms with Gasteiger partial charge in [0.05, 0.1) is 5.56 Å². The lowest BCUT2D eigenvalue weighted by Gasteiger charge is -2.47. The molecular formula is C22H26N2O3. The van der Waals surface area contributed by atoms with Crippen molar-refractivity contribution in [2.75, 3.05) is 6.54 Å². The average Bonchev–Trinajstić information content (AvgIpc) is 2.72. The third kappa shape index (κ3) is 3.60. The molecule has 5 nitrogen and oxygen atoms in total. The molecule has 0 radical (unpaired) electrons. The number of benzene rings is 2. The van der Waals surface area contributed by atoms with Crippen molar-refractivity contribution in [1.82, 2.24) is 4.90 Å². The highest BCUT2D eigenvalue weighted by Gasteiger charge is 2.50. The smallest absolute Gasteiger partial charge is 0.282 e. The Balaban J connectivity index is 2.18. The Bertz CT molecular complexity index is 793. The van der Waals surface area contributed by atoms with Crippen LogP contribution in [0.4, 0.5) is 0 Å². The molecule has 0 aromatic heterocycles. The molecule has 1 aliphatic heterocycles. The van der Waals surface area contributed by atoms with Crippen LogP contribution in [-0.2, 0) is 10.5 Å². The molecule has 0 bridgehead atoms. The molecule has 3 rings (SSSR count). The zero-order valence-electron chi connectivity index (χ0n) is 15.6. The molecule has 2 aromatic rings. The van der Waals surface area contributed by atoms with Gasteiger partial charge in [-0.2, -0.15) is 0 Å². The number of amides is 1. The van der Waals surface area contributed by atoms with E-state index in [4.69, 9.17) is 10.5 Å². The molecule has 1 heterocycles. The maximum Gasteiger partial charge on any atom is 0.282 e. The minimum absolute atomic E-state index is 0.176. The van der Waals surface area contributed by atoms with Crippen molar-refractivity contribution in [3.8, 4) is 5.75 Å². The molecule has 1 fully saturated rings. The summed E-state index contributed by atoms with van der Waals surface area (Å²) in [7, 11) is 0. The average molecular weight is 366 g/mol. The fourth-order valence-corrected chi connectivity index (χ4v) is 3.95. The third-order valence-electron chi connectivity index (χ3n) is 5.31. The summed E-state index contributed by atoms with van der Waals surface area (Å²) >= 11 is 0. The van der Waals surface area contributed by atoms with Gasteiger partial charge in [0.15, 0.2) is 6.29 Å². The van der Waals surface area contributed by atoms with E-state index in [0.29, 0.717) is 23.4 Å². The first-order chi connectivity index (χ1) is 13.1. The van der Waals surface area contributed by atoms with E-state index in [1.807, 2.05) is 30.3 Å². The Morgan fingerprint density at radius 3 is 2.56 bits per heavy atom. The zero-order chi connectivity index (χ0) is 19.3. The number of aldehydes is 1. The number of nitrogens with two attached hydrogens (primary N) is 1. The van der Waals surface area contributed by atoms with Gasteiger partial charge in [0, 0.05) is 18.2 Å². The minimum atomic E-state index is -1.46. The van der Waals surface area contributed by atoms with Crippen LogP contribution in [0, 0.1) is 0 Å². The van der Waals surface area contributed by atoms with Crippen LogP contribution < -0.4 is 10.5 Å². The number of nitrogens with zero attached hydrogens (tertiary/aromatic N) is 1. The lowest BCUT2D eigenvalue weighted by Crippen LogP contribution is -2.63. The first-order valence-electron chi connectivity index (χ1n) is 9.49. The second-order valence-electron chi connectivity index (χ2n) is 6.88. The van der Waals surface area contributed by atoms with Crippen LogP contribution >= 0.6 is 0 Å². The Hall–Kier alpha value is -2.66. The van der Waals surface area contributed by atoms with Gasteiger partial charge in [-0.05, 0) is 31.4 Å². The maximum absolute atomic E-state index is 13.0. The lowest BCUT2D eigenvalue weighted by molar-refractivity contribution is -0.166. The van der Waals surface area contributed by atoms with Crippen LogP contribution in [0.1, 0.15) is 48.5 Å². The molecule has 2 atom stereocenters. The molecule has 0 spiro atoms. The van der Waals surface area contributed by atoms with Crippen LogP contribution in [0.2, 0.25) is 0 Å². The molecular weight excluding hydrogens is 340 g/mol. The van der Waals surface area contributed by atoms with Crippen molar-refractivity contribution in [3.63, 3.8) is 0 Å². The van der Waals surface area contributed by atoms with Gasteiger partial charge in [0.25, 0.3) is 11.6 Å². The summed E-state index contributed by atoms with van der Waals surface area (Å²) in [5.41, 5.74) is 5.61. The number of ether oxygens (including phenoxy) is 1. The summed E-state index contributed by atoms with van der Waals surface area (Å²) in [5.74, 6) is -0.217. The van der Waals surface area contributed by atoms with Crippen LogP contribution in [0.15, 0.2) is 54.6 Å². The molecule has 5 heteroatoms. The standard InChI is InChI=1S/C22H26N2O3/c1-2-19-13-8-9-15-24(19)22(21(23)26,18-11-4-3-5-12-18)27-20-14-7-6-10-17(20)16-25/h3-7,10-12,14,16,19H,2,8-9,13,15H2,1H3,(H2,23,26). The SMILES string of the molecule is CCC1CCCCN1C(Oc1ccccc1C=O)(C(N)=O)c1ccccc1. The normalized spacial score (nSPS) is 19.8. The van der Waals surface area contributed by atoms with E-state index in [9.17, 15) is 9.59 Å². The first-order valence-corrected chi connectivity index (χ1v) is 9.49. The van der Waals surface area contributed by atoms with Crippen molar-refractivity contribution in [2.24, 2.45) is 5.73 Å². The van der Waals surface area contributed by atoms with Gasteiger partial charge < -0.3 is 10.5 Å². The molecule has 1 amide bonds. The molecule has 1 aliphatic rings. The van der Waals surface area contributed by atoms with Gasteiger partial charge >= 0.3 is 0 Å². The van der Waals surface area contributed by atoms with E-state index in [1.54, 1.807) is 24.3 Å². The second kappa shape index (κ2) is 8.35. The fraction of sp³-hybridized carbons (Fsp3) is 0.364. The summed E-state index contributed by atoms with van der Waals surface area (Å²) in [5, 5.41) is 0. The maximum atomic E-state index is 13.0. The van der Waals surface area contributed by atoms with E-state index in [1.165, 1.54) is 0 Å². The van der Waals surface area contributed by atoms with Crippen molar-refractivity contribution in [3.05, 3.63) is 65.7 Å². The quantitative estimate of drug-likeness (QED) is 0.762. The topological polar surface area (TPSA) is 72.6 Å². The van der Waals surface area contributed by atoms with E-state index in [-0.39, 0.29) is 6.04 Å². The lowest BCUT2D eigenvalue weighted by atomic mass is 9.91. The predicted molar refractivity (Wildman–Crippen MR) is 104 cm³/mol. The van der Waals surface area contributed by atoms with Crippen LogP contribution in [0.3, 0.4) is 0 Å². The predicted octanol–water partition coefficient (Wildman–Crippen LogP) is 3.48. The van der Waals surface area contributed by atoms with E-state index >= 15 is 0 Å². The highest BCUT2D eigenvalue weighted by atomic mass is 16.5. The second-order valence-corrected chi connectivity index (χ2v) is 6.88. The van der Waals surface area contributed by atoms with Gasteiger partial charge in [-0.3, -0.25) is 14.5 Å². The van der Waals surface area contributed by atoms with E-state index < -0.39 is 11.6 Å². The largest absolute Gasteiger partial charge is 0.458 e. The number of primary amides is 1. The number of rotatable bonds is 7. The molecule has 0 saturated carbocycles. The Kier molecular flexibility index (Phi) is 5.91. The van der Waals surface area contributed by atoms with Gasteiger partial charge in [-0.1, -0.05) is 55.8 Å². The summed E-state index contributed by atoms with van der Waals surface area (Å²) in [6.45, 7) is 2.82. The van der Waals surface area contributed by atoms with Crippen molar-refractivity contribution >= 4 is 12.2 Å². The first kappa shape index (κ1) is 19.1. The molecule has 1 saturated heterocycles. The number of hydrogen-bond acceptors (Lipinski definition) is 4. The van der Waals surface area contributed by atoms with Crippen molar-refractivity contribution in [1.29, 1.82) is 0 Å². The van der Waals surface area contributed by atoms with Crippen LogP contribution in [-0.4, -0.2) is 29.7 Å². The Morgan fingerprint density at radius 1 is 1.19 bits per heavy atom.